The molecular formula is C20H14N2O2. The Balaban J connectivity index is 2.19. The maximum atomic E-state index is 9.67. The van der Waals surface area contributed by atoms with Gasteiger partial charge in [-0.3, -0.25) is 0 Å². The minimum absolute atomic E-state index is 0.312. The molecule has 2 aromatic carbocycles. The molecule has 0 unspecified atom stereocenters. The van der Waals surface area contributed by atoms with E-state index in [9.17, 15) is 5.26 Å². The third-order valence-corrected chi connectivity index (χ3v) is 4.12. The quantitative estimate of drug-likeness (QED) is 0.531. The Morgan fingerprint density at radius 1 is 1.08 bits per heavy atom. The summed E-state index contributed by atoms with van der Waals surface area (Å²) in [6, 6.07) is 17.9. The van der Waals surface area contributed by atoms with Gasteiger partial charge >= 0.3 is 0 Å². The number of fused-ring (bicyclic) bond motifs is 3. The Hall–Kier alpha value is -3.32. The summed E-state index contributed by atoms with van der Waals surface area (Å²) in [5, 5.41) is 10.6. The predicted octanol–water partition coefficient (Wildman–Crippen LogP) is 4.84. The van der Waals surface area contributed by atoms with Gasteiger partial charge in [0.1, 0.15) is 22.7 Å². The number of para-hydroxylation sites is 1. The summed E-state index contributed by atoms with van der Waals surface area (Å²) in [4.78, 5) is 4.52. The van der Waals surface area contributed by atoms with E-state index in [2.05, 4.69) is 11.1 Å². The number of nitriles is 1. The van der Waals surface area contributed by atoms with Crippen LogP contribution in [0.25, 0.3) is 33.2 Å². The van der Waals surface area contributed by atoms with E-state index in [0.717, 1.165) is 27.7 Å². The van der Waals surface area contributed by atoms with Crippen molar-refractivity contribution in [2.45, 2.75) is 6.92 Å². The van der Waals surface area contributed by atoms with E-state index in [0.29, 0.717) is 22.5 Å². The second-order valence-electron chi connectivity index (χ2n) is 5.62. The summed E-state index contributed by atoms with van der Waals surface area (Å²) in [5.74, 6) is 0.312. The minimum atomic E-state index is 0.312. The number of methoxy groups -OCH3 is 1. The van der Waals surface area contributed by atoms with Gasteiger partial charge in [0.05, 0.1) is 12.7 Å². The van der Waals surface area contributed by atoms with Gasteiger partial charge in [-0.1, -0.05) is 42.0 Å². The van der Waals surface area contributed by atoms with E-state index in [-0.39, 0.29) is 0 Å². The SMILES string of the molecule is COc1nc2c(oc3ccccc32)c(-c2ccc(C)cc2)c1C#N. The van der Waals surface area contributed by atoms with Crippen LogP contribution in [0.2, 0.25) is 0 Å². The molecule has 4 aromatic rings. The fraction of sp³-hybridized carbons (Fsp3) is 0.100. The summed E-state index contributed by atoms with van der Waals surface area (Å²) in [6.07, 6.45) is 0. The molecule has 4 nitrogen and oxygen atoms in total. The first-order chi connectivity index (χ1) is 11.7. The van der Waals surface area contributed by atoms with Crippen molar-refractivity contribution in [3.8, 4) is 23.1 Å². The third kappa shape index (κ3) is 2.03. The number of aromatic nitrogens is 1. The van der Waals surface area contributed by atoms with Gasteiger partial charge in [-0.15, -0.1) is 0 Å². The lowest BCUT2D eigenvalue weighted by Crippen LogP contribution is -1.96. The van der Waals surface area contributed by atoms with Gasteiger partial charge in [-0.25, -0.2) is 4.98 Å². The van der Waals surface area contributed by atoms with E-state index in [1.807, 2.05) is 55.5 Å². The molecule has 116 valence electrons. The maximum absolute atomic E-state index is 9.67. The van der Waals surface area contributed by atoms with Gasteiger partial charge in [0, 0.05) is 5.39 Å². The second kappa shape index (κ2) is 5.39. The molecule has 0 saturated heterocycles. The van der Waals surface area contributed by atoms with E-state index in [1.54, 1.807) is 0 Å². The first-order valence-electron chi connectivity index (χ1n) is 7.59. The highest BCUT2D eigenvalue weighted by Crippen LogP contribution is 2.40. The van der Waals surface area contributed by atoms with E-state index in [4.69, 9.17) is 9.15 Å². The van der Waals surface area contributed by atoms with E-state index in [1.165, 1.54) is 7.11 Å². The zero-order chi connectivity index (χ0) is 16.7. The van der Waals surface area contributed by atoms with Crippen molar-refractivity contribution < 1.29 is 9.15 Å². The van der Waals surface area contributed by atoms with Crippen molar-refractivity contribution in [1.29, 1.82) is 5.26 Å². The average molecular weight is 314 g/mol. The molecule has 2 heterocycles. The first-order valence-corrected chi connectivity index (χ1v) is 7.59. The molecule has 0 amide bonds. The van der Waals surface area contributed by atoms with Crippen molar-refractivity contribution >= 4 is 22.1 Å². The topological polar surface area (TPSA) is 59.1 Å². The van der Waals surface area contributed by atoms with Gasteiger partial charge < -0.3 is 9.15 Å². The van der Waals surface area contributed by atoms with Crippen molar-refractivity contribution in [2.75, 3.05) is 7.11 Å². The van der Waals surface area contributed by atoms with Crippen LogP contribution in [0.15, 0.2) is 52.9 Å². The molecule has 0 aliphatic rings. The molecule has 0 N–H and O–H groups in total. The number of rotatable bonds is 2. The van der Waals surface area contributed by atoms with Crippen molar-refractivity contribution in [1.82, 2.24) is 4.98 Å². The summed E-state index contributed by atoms with van der Waals surface area (Å²) in [5.41, 5.74) is 5.21. The lowest BCUT2D eigenvalue weighted by molar-refractivity contribution is 0.398. The van der Waals surface area contributed by atoms with Gasteiger partial charge in [-0.05, 0) is 24.6 Å². The monoisotopic (exact) mass is 314 g/mol. The van der Waals surface area contributed by atoms with E-state index >= 15 is 0 Å². The molecule has 0 fully saturated rings. The fourth-order valence-corrected chi connectivity index (χ4v) is 2.94. The Kier molecular flexibility index (Phi) is 3.21. The van der Waals surface area contributed by atoms with Crippen molar-refractivity contribution in [3.63, 3.8) is 0 Å². The normalized spacial score (nSPS) is 10.9. The number of hydrogen-bond donors (Lipinski definition) is 0. The van der Waals surface area contributed by atoms with Gasteiger partial charge in [0.25, 0.3) is 0 Å². The number of aryl methyl sites for hydroxylation is 1. The van der Waals surface area contributed by atoms with Crippen LogP contribution in [0, 0.1) is 18.3 Å². The minimum Gasteiger partial charge on any atom is -0.480 e. The first kappa shape index (κ1) is 14.3. The van der Waals surface area contributed by atoms with Gasteiger partial charge in [0.15, 0.2) is 5.58 Å². The van der Waals surface area contributed by atoms with Crippen LogP contribution in [-0.4, -0.2) is 12.1 Å². The highest BCUT2D eigenvalue weighted by atomic mass is 16.5. The molecular weight excluding hydrogens is 300 g/mol. The molecule has 0 radical (unpaired) electrons. The summed E-state index contributed by atoms with van der Waals surface area (Å²) in [6.45, 7) is 2.03. The molecule has 0 atom stereocenters. The second-order valence-corrected chi connectivity index (χ2v) is 5.62. The predicted molar refractivity (Wildman–Crippen MR) is 93.0 cm³/mol. The molecule has 0 spiro atoms. The zero-order valence-electron chi connectivity index (χ0n) is 13.3. The molecule has 24 heavy (non-hydrogen) atoms. The largest absolute Gasteiger partial charge is 0.480 e. The molecule has 2 aromatic heterocycles. The van der Waals surface area contributed by atoms with Crippen LogP contribution in [0.5, 0.6) is 5.88 Å². The van der Waals surface area contributed by atoms with Crippen LogP contribution < -0.4 is 4.74 Å². The fourth-order valence-electron chi connectivity index (χ4n) is 2.94. The number of hydrogen-bond acceptors (Lipinski definition) is 4. The third-order valence-electron chi connectivity index (χ3n) is 4.12. The smallest absolute Gasteiger partial charge is 0.232 e. The zero-order valence-corrected chi connectivity index (χ0v) is 13.3. The van der Waals surface area contributed by atoms with Gasteiger partial charge in [0.2, 0.25) is 5.88 Å². The highest BCUT2D eigenvalue weighted by Gasteiger charge is 2.22. The number of pyridine rings is 1. The molecule has 0 aliphatic carbocycles. The standard InChI is InChI=1S/C20H14N2O2/c1-12-7-9-13(10-8-12)17-15(11-21)20(23-2)22-18-14-5-3-4-6-16(14)24-19(17)18/h3-10H,1-2H3. The Morgan fingerprint density at radius 3 is 2.54 bits per heavy atom. The van der Waals surface area contributed by atoms with Crippen LogP contribution >= 0.6 is 0 Å². The Morgan fingerprint density at radius 2 is 1.83 bits per heavy atom. The van der Waals surface area contributed by atoms with Crippen molar-refractivity contribution in [2.24, 2.45) is 0 Å². The number of furan rings is 1. The Labute approximate surface area is 138 Å². The molecule has 0 bridgehead atoms. The lowest BCUT2D eigenvalue weighted by atomic mass is 9.99. The average Bonchev–Trinajstić information content (AvgIpc) is 2.99. The molecule has 4 rings (SSSR count). The number of nitrogens with zero attached hydrogens (tertiary/aromatic N) is 2. The molecule has 0 aliphatic heterocycles. The number of ether oxygens (including phenoxy) is 1. The van der Waals surface area contributed by atoms with Crippen LogP contribution in [0.4, 0.5) is 0 Å². The van der Waals surface area contributed by atoms with Crippen LogP contribution in [0.3, 0.4) is 0 Å². The van der Waals surface area contributed by atoms with Gasteiger partial charge in [-0.2, -0.15) is 5.26 Å². The van der Waals surface area contributed by atoms with Crippen LogP contribution in [-0.2, 0) is 0 Å². The summed E-state index contributed by atoms with van der Waals surface area (Å²) < 4.78 is 11.4. The number of benzene rings is 2. The molecule has 4 heteroatoms. The summed E-state index contributed by atoms with van der Waals surface area (Å²) >= 11 is 0. The molecule has 0 saturated carbocycles. The summed E-state index contributed by atoms with van der Waals surface area (Å²) in [7, 11) is 1.52. The Bertz CT molecular complexity index is 1100. The van der Waals surface area contributed by atoms with Crippen LogP contribution in [0.1, 0.15) is 11.1 Å². The highest BCUT2D eigenvalue weighted by molar-refractivity contribution is 6.08. The maximum Gasteiger partial charge on any atom is 0.232 e. The van der Waals surface area contributed by atoms with E-state index < -0.39 is 0 Å². The van der Waals surface area contributed by atoms with Crippen molar-refractivity contribution in [3.05, 3.63) is 59.7 Å². The lowest BCUT2D eigenvalue weighted by Gasteiger charge is -2.09.